The van der Waals surface area contributed by atoms with E-state index in [0.717, 1.165) is 11.3 Å². The molecule has 0 saturated carbocycles. The van der Waals surface area contributed by atoms with Gasteiger partial charge in [0.25, 0.3) is 0 Å². The first kappa shape index (κ1) is 15.4. The van der Waals surface area contributed by atoms with Crippen molar-refractivity contribution in [1.82, 2.24) is 0 Å². The van der Waals surface area contributed by atoms with Gasteiger partial charge in [0.1, 0.15) is 17.3 Å². The Morgan fingerprint density at radius 1 is 1.10 bits per heavy atom. The summed E-state index contributed by atoms with van der Waals surface area (Å²) in [6, 6.07) is 10.3. The number of hydrogen-bond acceptors (Lipinski definition) is 2. The molecule has 2 N–H and O–H groups in total. The van der Waals surface area contributed by atoms with Gasteiger partial charge in [-0.25, -0.2) is 8.78 Å². The van der Waals surface area contributed by atoms with Gasteiger partial charge in [0.2, 0.25) is 0 Å². The maximum atomic E-state index is 14.3. The van der Waals surface area contributed by atoms with Gasteiger partial charge >= 0.3 is 0 Å². The summed E-state index contributed by atoms with van der Waals surface area (Å²) in [5.41, 5.74) is 7.83. The van der Waals surface area contributed by atoms with E-state index in [0.29, 0.717) is 25.1 Å². The van der Waals surface area contributed by atoms with Crippen LogP contribution in [0.25, 0.3) is 0 Å². The molecule has 0 amide bonds. The molecule has 0 aromatic heterocycles. The molecule has 2 aromatic rings. The van der Waals surface area contributed by atoms with Crippen LogP contribution in [-0.4, -0.2) is 13.1 Å². The number of rotatable bonds is 5. The van der Waals surface area contributed by atoms with Crippen LogP contribution in [0.4, 0.5) is 20.2 Å². The molecular formula is C17H20F2N2. The van der Waals surface area contributed by atoms with E-state index >= 15 is 0 Å². The minimum Gasteiger partial charge on any atom is -0.337 e. The topological polar surface area (TPSA) is 29.3 Å². The van der Waals surface area contributed by atoms with Crippen LogP contribution < -0.4 is 10.6 Å². The molecule has 0 bridgehead atoms. The molecule has 0 spiro atoms. The minimum absolute atomic E-state index is 0.0103. The second kappa shape index (κ2) is 6.68. The predicted octanol–water partition coefficient (Wildman–Crippen LogP) is 3.93. The van der Waals surface area contributed by atoms with Crippen molar-refractivity contribution in [2.75, 3.05) is 18.0 Å². The third kappa shape index (κ3) is 3.39. The molecule has 21 heavy (non-hydrogen) atoms. The molecule has 0 aliphatic rings. The van der Waals surface area contributed by atoms with Gasteiger partial charge in [-0.05, 0) is 62.2 Å². The summed E-state index contributed by atoms with van der Waals surface area (Å²) in [7, 11) is 0. The molecule has 0 aliphatic carbocycles. The molecule has 0 aliphatic heterocycles. The summed E-state index contributed by atoms with van der Waals surface area (Å²) in [6.45, 7) is 4.67. The van der Waals surface area contributed by atoms with Crippen molar-refractivity contribution < 1.29 is 8.78 Å². The lowest BCUT2D eigenvalue weighted by atomic mass is 10.1. The van der Waals surface area contributed by atoms with Gasteiger partial charge in [-0.3, -0.25) is 0 Å². The summed E-state index contributed by atoms with van der Waals surface area (Å²) in [5.74, 6) is -1.11. The molecular weight excluding hydrogens is 270 g/mol. The van der Waals surface area contributed by atoms with E-state index in [4.69, 9.17) is 5.73 Å². The predicted molar refractivity (Wildman–Crippen MR) is 83.0 cm³/mol. The first-order chi connectivity index (χ1) is 10.1. The average molecular weight is 290 g/mol. The van der Waals surface area contributed by atoms with Crippen molar-refractivity contribution in [2.45, 2.75) is 20.3 Å². The van der Waals surface area contributed by atoms with Crippen molar-refractivity contribution in [3.8, 4) is 0 Å². The van der Waals surface area contributed by atoms with Crippen LogP contribution in [-0.2, 0) is 6.42 Å². The van der Waals surface area contributed by atoms with Crippen LogP contribution >= 0.6 is 0 Å². The largest absolute Gasteiger partial charge is 0.337 e. The van der Waals surface area contributed by atoms with E-state index in [2.05, 4.69) is 0 Å². The average Bonchev–Trinajstić information content (AvgIpc) is 2.43. The zero-order chi connectivity index (χ0) is 15.4. The Hall–Kier alpha value is -1.94. The number of anilines is 2. The summed E-state index contributed by atoms with van der Waals surface area (Å²) >= 11 is 0. The first-order valence-corrected chi connectivity index (χ1v) is 7.09. The van der Waals surface area contributed by atoms with Crippen LogP contribution in [0, 0.1) is 18.6 Å². The van der Waals surface area contributed by atoms with Gasteiger partial charge in [-0.2, -0.15) is 0 Å². The van der Waals surface area contributed by atoms with Crippen LogP contribution in [0.5, 0.6) is 0 Å². The highest BCUT2D eigenvalue weighted by Gasteiger charge is 2.18. The summed E-state index contributed by atoms with van der Waals surface area (Å²) in [6.07, 6.45) is 0.463. The standard InChI is InChI=1S/C17H20F2N2/c1-3-21(14-6-4-5-12(2)9-14)17-15(18)10-13(7-8-20)11-16(17)19/h4-6,9-11H,3,7-8,20H2,1-2H3. The van der Waals surface area contributed by atoms with E-state index in [1.807, 2.05) is 38.1 Å². The lowest BCUT2D eigenvalue weighted by molar-refractivity contribution is 0.577. The van der Waals surface area contributed by atoms with Crippen molar-refractivity contribution in [3.05, 3.63) is 59.2 Å². The highest BCUT2D eigenvalue weighted by Crippen LogP contribution is 2.31. The lowest BCUT2D eigenvalue weighted by Gasteiger charge is -2.25. The first-order valence-electron chi connectivity index (χ1n) is 7.09. The van der Waals surface area contributed by atoms with Crippen LogP contribution in [0.3, 0.4) is 0 Å². The molecule has 0 atom stereocenters. The molecule has 2 nitrogen and oxygen atoms in total. The zero-order valence-corrected chi connectivity index (χ0v) is 12.4. The van der Waals surface area contributed by atoms with Gasteiger partial charge < -0.3 is 10.6 Å². The van der Waals surface area contributed by atoms with Gasteiger partial charge in [-0.1, -0.05) is 12.1 Å². The third-order valence-electron chi connectivity index (χ3n) is 3.41. The number of halogens is 2. The number of benzene rings is 2. The van der Waals surface area contributed by atoms with Gasteiger partial charge in [0.05, 0.1) is 0 Å². The summed E-state index contributed by atoms with van der Waals surface area (Å²) in [5, 5.41) is 0. The summed E-state index contributed by atoms with van der Waals surface area (Å²) < 4.78 is 28.7. The van der Waals surface area contributed by atoms with Crippen molar-refractivity contribution in [1.29, 1.82) is 0 Å². The molecule has 2 rings (SSSR count). The Bertz CT molecular complexity index is 603. The lowest BCUT2D eigenvalue weighted by Crippen LogP contribution is -2.19. The van der Waals surface area contributed by atoms with E-state index in [-0.39, 0.29) is 5.69 Å². The van der Waals surface area contributed by atoms with E-state index in [9.17, 15) is 8.78 Å². The maximum absolute atomic E-state index is 14.3. The quantitative estimate of drug-likeness (QED) is 0.904. The van der Waals surface area contributed by atoms with Crippen LogP contribution in [0.1, 0.15) is 18.1 Å². The molecule has 0 saturated heterocycles. The summed E-state index contributed by atoms with van der Waals surface area (Å²) in [4.78, 5) is 1.64. The molecule has 0 unspecified atom stereocenters. The Kier molecular flexibility index (Phi) is 4.91. The van der Waals surface area contributed by atoms with E-state index in [1.165, 1.54) is 12.1 Å². The molecule has 112 valence electrons. The smallest absolute Gasteiger partial charge is 0.150 e. The van der Waals surface area contributed by atoms with Crippen LogP contribution in [0.15, 0.2) is 36.4 Å². The Morgan fingerprint density at radius 3 is 2.29 bits per heavy atom. The highest BCUT2D eigenvalue weighted by molar-refractivity contribution is 5.65. The second-order valence-corrected chi connectivity index (χ2v) is 5.03. The molecule has 2 aromatic carbocycles. The second-order valence-electron chi connectivity index (χ2n) is 5.03. The Balaban J connectivity index is 2.47. The highest BCUT2D eigenvalue weighted by atomic mass is 19.1. The minimum atomic E-state index is -0.554. The molecule has 4 heteroatoms. The van der Waals surface area contributed by atoms with E-state index < -0.39 is 11.6 Å². The maximum Gasteiger partial charge on any atom is 0.150 e. The fraction of sp³-hybridized carbons (Fsp3) is 0.294. The zero-order valence-electron chi connectivity index (χ0n) is 12.4. The van der Waals surface area contributed by atoms with Crippen molar-refractivity contribution >= 4 is 11.4 Å². The fourth-order valence-corrected chi connectivity index (χ4v) is 2.45. The Labute approximate surface area is 124 Å². The molecule has 0 heterocycles. The fourth-order valence-electron chi connectivity index (χ4n) is 2.45. The number of aryl methyl sites for hydroxylation is 1. The molecule has 0 fully saturated rings. The number of nitrogens with two attached hydrogens (primary N) is 1. The third-order valence-corrected chi connectivity index (χ3v) is 3.41. The van der Waals surface area contributed by atoms with Gasteiger partial charge in [-0.15, -0.1) is 0 Å². The monoisotopic (exact) mass is 290 g/mol. The SMILES string of the molecule is CCN(c1cccc(C)c1)c1c(F)cc(CCN)cc1F. The Morgan fingerprint density at radius 2 is 1.76 bits per heavy atom. The van der Waals surface area contributed by atoms with Crippen molar-refractivity contribution in [3.63, 3.8) is 0 Å². The van der Waals surface area contributed by atoms with Gasteiger partial charge in [0, 0.05) is 12.2 Å². The normalized spacial score (nSPS) is 10.7. The number of nitrogens with zero attached hydrogens (tertiary/aromatic N) is 1. The van der Waals surface area contributed by atoms with Crippen molar-refractivity contribution in [2.24, 2.45) is 5.73 Å². The van der Waals surface area contributed by atoms with Crippen LogP contribution in [0.2, 0.25) is 0 Å². The van der Waals surface area contributed by atoms with E-state index in [1.54, 1.807) is 4.90 Å². The van der Waals surface area contributed by atoms with Gasteiger partial charge in [0.15, 0.2) is 0 Å². The molecule has 0 radical (unpaired) electrons. The number of hydrogen-bond donors (Lipinski definition) is 1.